The van der Waals surface area contributed by atoms with Crippen LogP contribution in [-0.2, 0) is 6.54 Å². The molecule has 2 heterocycles. The standard InChI is InChI=1S/C17H13Cl2N3OS/c1-10-15(24-17(22-10)11-3-2-6-20-8-11)9-21-16(23)13-7-12(18)4-5-14(13)19/h2-8H,9H2,1H3,(H,21,23). The first-order chi connectivity index (χ1) is 11.5. The van der Waals surface area contributed by atoms with Crippen LogP contribution in [0.3, 0.4) is 0 Å². The van der Waals surface area contributed by atoms with Gasteiger partial charge in [0.15, 0.2) is 0 Å². The number of carbonyl (C=O) groups is 1. The molecule has 0 aliphatic rings. The van der Waals surface area contributed by atoms with Crippen molar-refractivity contribution in [1.82, 2.24) is 15.3 Å². The number of halogens is 2. The van der Waals surface area contributed by atoms with E-state index < -0.39 is 0 Å². The van der Waals surface area contributed by atoms with Crippen molar-refractivity contribution in [2.75, 3.05) is 0 Å². The number of benzene rings is 1. The zero-order chi connectivity index (χ0) is 17.1. The Kier molecular flexibility index (Phi) is 5.14. The molecule has 0 saturated carbocycles. The molecule has 3 rings (SSSR count). The Morgan fingerprint density at radius 2 is 2.12 bits per heavy atom. The number of rotatable bonds is 4. The number of pyridine rings is 1. The summed E-state index contributed by atoms with van der Waals surface area (Å²) < 4.78 is 0. The zero-order valence-corrected chi connectivity index (χ0v) is 15.0. The maximum atomic E-state index is 12.3. The van der Waals surface area contributed by atoms with E-state index in [1.165, 1.54) is 11.3 Å². The fourth-order valence-electron chi connectivity index (χ4n) is 2.13. The summed E-state index contributed by atoms with van der Waals surface area (Å²) in [5.41, 5.74) is 2.20. The molecule has 0 spiro atoms. The summed E-state index contributed by atoms with van der Waals surface area (Å²) in [5.74, 6) is -0.266. The number of aryl methyl sites for hydroxylation is 1. The number of carbonyl (C=O) groups excluding carboxylic acids is 1. The van der Waals surface area contributed by atoms with Gasteiger partial charge in [-0.1, -0.05) is 23.2 Å². The van der Waals surface area contributed by atoms with Gasteiger partial charge in [0.25, 0.3) is 5.91 Å². The van der Waals surface area contributed by atoms with Crippen molar-refractivity contribution in [3.8, 4) is 10.6 Å². The van der Waals surface area contributed by atoms with Crippen molar-refractivity contribution in [2.45, 2.75) is 13.5 Å². The van der Waals surface area contributed by atoms with Gasteiger partial charge in [0.2, 0.25) is 0 Å². The van der Waals surface area contributed by atoms with Crippen LogP contribution in [0.4, 0.5) is 0 Å². The minimum atomic E-state index is -0.266. The van der Waals surface area contributed by atoms with E-state index in [0.29, 0.717) is 22.2 Å². The molecule has 4 nitrogen and oxygen atoms in total. The van der Waals surface area contributed by atoms with Gasteiger partial charge < -0.3 is 5.32 Å². The Labute approximate surface area is 153 Å². The molecule has 0 saturated heterocycles. The van der Waals surface area contributed by atoms with Crippen molar-refractivity contribution < 1.29 is 4.79 Å². The van der Waals surface area contributed by atoms with Crippen molar-refractivity contribution in [1.29, 1.82) is 0 Å². The van der Waals surface area contributed by atoms with Gasteiger partial charge in [0.1, 0.15) is 5.01 Å². The number of aromatic nitrogens is 2. The molecule has 1 aromatic carbocycles. The molecule has 0 atom stereocenters. The second kappa shape index (κ2) is 7.30. The highest BCUT2D eigenvalue weighted by Crippen LogP contribution is 2.27. The molecule has 122 valence electrons. The van der Waals surface area contributed by atoms with Crippen LogP contribution in [0.5, 0.6) is 0 Å². The largest absolute Gasteiger partial charge is 0.347 e. The summed E-state index contributed by atoms with van der Waals surface area (Å²) >= 11 is 13.5. The monoisotopic (exact) mass is 377 g/mol. The highest BCUT2D eigenvalue weighted by molar-refractivity contribution is 7.15. The predicted molar refractivity (Wildman–Crippen MR) is 97.7 cm³/mol. The van der Waals surface area contributed by atoms with Crippen LogP contribution in [0.1, 0.15) is 20.9 Å². The average molecular weight is 378 g/mol. The van der Waals surface area contributed by atoms with Gasteiger partial charge in [-0.2, -0.15) is 0 Å². The summed E-state index contributed by atoms with van der Waals surface area (Å²) in [6.45, 7) is 2.30. The van der Waals surface area contributed by atoms with Crippen LogP contribution >= 0.6 is 34.5 Å². The normalized spacial score (nSPS) is 10.6. The van der Waals surface area contributed by atoms with E-state index in [1.54, 1.807) is 30.6 Å². The van der Waals surface area contributed by atoms with Gasteiger partial charge in [-0.25, -0.2) is 4.98 Å². The minimum Gasteiger partial charge on any atom is -0.347 e. The first kappa shape index (κ1) is 16.9. The molecule has 0 bridgehead atoms. The Hall–Kier alpha value is -1.95. The van der Waals surface area contributed by atoms with Crippen molar-refractivity contribution >= 4 is 40.4 Å². The van der Waals surface area contributed by atoms with Gasteiger partial charge in [0.05, 0.1) is 22.8 Å². The highest BCUT2D eigenvalue weighted by Gasteiger charge is 2.14. The first-order valence-corrected chi connectivity index (χ1v) is 8.72. The molecule has 0 aliphatic heterocycles. The van der Waals surface area contributed by atoms with Crippen molar-refractivity contribution in [2.24, 2.45) is 0 Å². The third-order valence-corrected chi connectivity index (χ3v) is 5.15. The van der Waals surface area contributed by atoms with Gasteiger partial charge in [-0.3, -0.25) is 9.78 Å². The Bertz CT molecular complexity index is 881. The summed E-state index contributed by atoms with van der Waals surface area (Å²) in [5, 5.41) is 4.58. The lowest BCUT2D eigenvalue weighted by atomic mass is 10.2. The van der Waals surface area contributed by atoms with E-state index in [2.05, 4.69) is 15.3 Å². The molecule has 3 aromatic rings. The van der Waals surface area contributed by atoms with Crippen molar-refractivity contribution in [3.63, 3.8) is 0 Å². The summed E-state index contributed by atoms with van der Waals surface area (Å²) in [7, 11) is 0. The van der Waals surface area contributed by atoms with Gasteiger partial charge >= 0.3 is 0 Å². The average Bonchev–Trinajstić information content (AvgIpc) is 2.96. The van der Waals surface area contributed by atoms with E-state index in [-0.39, 0.29) is 5.91 Å². The van der Waals surface area contributed by atoms with E-state index >= 15 is 0 Å². The molecule has 0 radical (unpaired) electrons. The van der Waals surface area contributed by atoms with Crippen LogP contribution in [0.2, 0.25) is 10.0 Å². The second-order valence-corrected chi connectivity index (χ2v) is 7.00. The summed E-state index contributed by atoms with van der Waals surface area (Å²) in [6, 6.07) is 8.64. The number of nitrogens with one attached hydrogen (secondary N) is 1. The lowest BCUT2D eigenvalue weighted by Crippen LogP contribution is -2.23. The maximum absolute atomic E-state index is 12.3. The quantitative estimate of drug-likeness (QED) is 0.713. The third-order valence-electron chi connectivity index (χ3n) is 3.38. The fourth-order valence-corrected chi connectivity index (χ4v) is 3.50. The molecule has 0 aliphatic carbocycles. The number of hydrogen-bond acceptors (Lipinski definition) is 4. The van der Waals surface area contributed by atoms with E-state index in [0.717, 1.165) is 21.1 Å². The number of hydrogen-bond donors (Lipinski definition) is 1. The molecule has 1 N–H and O–H groups in total. The molecule has 0 unspecified atom stereocenters. The maximum Gasteiger partial charge on any atom is 0.253 e. The smallest absolute Gasteiger partial charge is 0.253 e. The predicted octanol–water partition coefficient (Wildman–Crippen LogP) is 4.75. The van der Waals surface area contributed by atoms with E-state index in [9.17, 15) is 4.79 Å². The molecule has 7 heteroatoms. The number of amides is 1. The lowest BCUT2D eigenvalue weighted by Gasteiger charge is -2.06. The van der Waals surface area contributed by atoms with Gasteiger partial charge in [0, 0.05) is 27.9 Å². The second-order valence-electron chi connectivity index (χ2n) is 5.08. The number of thiazole rings is 1. The zero-order valence-electron chi connectivity index (χ0n) is 12.7. The molecular formula is C17H13Cl2N3OS. The van der Waals surface area contributed by atoms with Crippen LogP contribution in [0, 0.1) is 6.92 Å². The third kappa shape index (κ3) is 3.75. The Morgan fingerprint density at radius 1 is 1.29 bits per heavy atom. The minimum absolute atomic E-state index is 0.266. The SMILES string of the molecule is Cc1nc(-c2cccnc2)sc1CNC(=O)c1cc(Cl)ccc1Cl. The van der Waals surface area contributed by atoms with Crippen LogP contribution in [-0.4, -0.2) is 15.9 Å². The first-order valence-electron chi connectivity index (χ1n) is 7.14. The van der Waals surface area contributed by atoms with E-state index in [4.69, 9.17) is 23.2 Å². The number of nitrogens with zero attached hydrogens (tertiary/aromatic N) is 2. The van der Waals surface area contributed by atoms with E-state index in [1.807, 2.05) is 19.1 Å². The molecule has 2 aromatic heterocycles. The fraction of sp³-hybridized carbons (Fsp3) is 0.118. The van der Waals surface area contributed by atoms with Crippen LogP contribution in [0.25, 0.3) is 10.6 Å². The van der Waals surface area contributed by atoms with Crippen LogP contribution < -0.4 is 5.32 Å². The topological polar surface area (TPSA) is 54.9 Å². The Morgan fingerprint density at radius 3 is 2.88 bits per heavy atom. The van der Waals surface area contributed by atoms with Crippen LogP contribution in [0.15, 0.2) is 42.7 Å². The summed E-state index contributed by atoms with van der Waals surface area (Å²) in [6.07, 6.45) is 3.49. The van der Waals surface area contributed by atoms with Gasteiger partial charge in [-0.15, -0.1) is 11.3 Å². The summed E-state index contributed by atoms with van der Waals surface area (Å²) in [4.78, 5) is 21.9. The molecule has 0 fully saturated rings. The molecule has 1 amide bonds. The molecule has 24 heavy (non-hydrogen) atoms. The van der Waals surface area contributed by atoms with Crippen molar-refractivity contribution in [3.05, 3.63) is 68.9 Å². The Balaban J connectivity index is 1.74. The van der Waals surface area contributed by atoms with Gasteiger partial charge in [-0.05, 0) is 37.3 Å². The molecular weight excluding hydrogens is 365 g/mol. The highest BCUT2D eigenvalue weighted by atomic mass is 35.5. The lowest BCUT2D eigenvalue weighted by molar-refractivity contribution is 0.0951.